The molecule has 0 aromatic heterocycles. The fraction of sp³-hybridized carbons (Fsp3) is 0.310. The molecule has 0 unspecified atom stereocenters. The number of likely N-dealkylation sites (N-methyl/N-ethyl adjacent to an activating group) is 1. The van der Waals surface area contributed by atoms with Gasteiger partial charge in [-0.15, -0.1) is 0 Å². The Morgan fingerprint density at radius 1 is 0.912 bits per heavy atom. The van der Waals surface area contributed by atoms with E-state index in [4.69, 9.17) is 0 Å². The molecule has 3 aromatic carbocycles. The lowest BCUT2D eigenvalue weighted by Crippen LogP contribution is -2.48. The molecule has 0 saturated carbocycles. The average Bonchev–Trinajstić information content (AvgIpc) is 2.85. The van der Waals surface area contributed by atoms with Crippen molar-refractivity contribution in [3.63, 3.8) is 0 Å². The highest BCUT2D eigenvalue weighted by atomic mass is 16.1. The van der Waals surface area contributed by atoms with Gasteiger partial charge in [0.15, 0.2) is 5.78 Å². The summed E-state index contributed by atoms with van der Waals surface area (Å²) < 4.78 is 0. The van der Waals surface area contributed by atoms with Gasteiger partial charge in [-0.25, -0.2) is 0 Å². The largest absolute Gasteiger partial charge is 0.368 e. The van der Waals surface area contributed by atoms with Gasteiger partial charge >= 0.3 is 0 Å². The summed E-state index contributed by atoms with van der Waals surface area (Å²) >= 11 is 0. The number of rotatable bonds is 8. The third-order valence-electron chi connectivity index (χ3n) is 6.33. The van der Waals surface area contributed by atoms with E-state index in [-0.39, 0.29) is 11.8 Å². The second-order valence-corrected chi connectivity index (χ2v) is 9.16. The van der Waals surface area contributed by atoms with Crippen molar-refractivity contribution in [2.45, 2.75) is 12.5 Å². The van der Waals surface area contributed by atoms with E-state index in [1.54, 1.807) is 0 Å². The normalized spacial score (nSPS) is 14.4. The predicted octanol–water partition coefficient (Wildman–Crippen LogP) is 4.14. The molecule has 3 aromatic rings. The number of anilines is 1. The molecule has 0 N–H and O–H groups in total. The van der Waals surface area contributed by atoms with Crippen LogP contribution >= 0.6 is 0 Å². The van der Waals surface area contributed by atoms with Crippen LogP contribution in [0.1, 0.15) is 28.3 Å². The zero-order chi connectivity index (χ0) is 23.9. The van der Waals surface area contributed by atoms with E-state index in [0.29, 0.717) is 18.5 Å². The highest BCUT2D eigenvalue weighted by Crippen LogP contribution is 2.31. The number of ketones is 1. The maximum Gasteiger partial charge on any atom is 0.151 e. The average molecular weight is 453 g/mol. The Morgan fingerprint density at radius 2 is 1.50 bits per heavy atom. The van der Waals surface area contributed by atoms with E-state index >= 15 is 0 Å². The summed E-state index contributed by atoms with van der Waals surface area (Å²) in [6.07, 6.45) is 0.358. The maximum atomic E-state index is 12.2. The number of hydrogen-bond donors (Lipinski definition) is 0. The van der Waals surface area contributed by atoms with Crippen molar-refractivity contribution in [3.8, 4) is 6.07 Å². The quantitative estimate of drug-likeness (QED) is 0.514. The number of benzene rings is 3. The Labute approximate surface area is 202 Å². The molecule has 0 spiro atoms. The topological polar surface area (TPSA) is 50.6 Å². The molecule has 4 rings (SSSR count). The van der Waals surface area contributed by atoms with Crippen LogP contribution in [0.4, 0.5) is 5.69 Å². The lowest BCUT2D eigenvalue weighted by atomic mass is 9.96. The van der Waals surface area contributed by atoms with Crippen molar-refractivity contribution in [3.05, 3.63) is 101 Å². The van der Waals surface area contributed by atoms with Crippen LogP contribution in [0.5, 0.6) is 0 Å². The molecule has 0 amide bonds. The van der Waals surface area contributed by atoms with E-state index in [2.05, 4.69) is 76.5 Å². The molecule has 174 valence electrons. The van der Waals surface area contributed by atoms with Crippen molar-refractivity contribution < 1.29 is 4.79 Å². The standard InChI is InChI=1S/C29H32N4O/c1-31(2)22-27(34)20-23-13-14-28(26(19-23)21-30)32-15-17-33(18-16-32)29(24-9-5-3-6-10-24)25-11-7-4-8-12-25/h3-14,19,29H,15-18,20,22H2,1-2H3. The lowest BCUT2D eigenvalue weighted by Gasteiger charge is -2.41. The summed E-state index contributed by atoms with van der Waals surface area (Å²) in [5.41, 5.74) is 5.10. The van der Waals surface area contributed by atoms with E-state index in [1.807, 2.05) is 37.2 Å². The van der Waals surface area contributed by atoms with E-state index < -0.39 is 0 Å². The van der Waals surface area contributed by atoms with Gasteiger partial charge in [0.1, 0.15) is 6.07 Å². The summed E-state index contributed by atoms with van der Waals surface area (Å²) in [4.78, 5) is 18.9. The molecule has 34 heavy (non-hydrogen) atoms. The number of piperazine rings is 1. The van der Waals surface area contributed by atoms with Crippen LogP contribution in [0.25, 0.3) is 0 Å². The minimum absolute atomic E-state index is 0.156. The van der Waals surface area contributed by atoms with Gasteiger partial charge in [0.25, 0.3) is 0 Å². The number of Topliss-reactive ketones (excluding diaryl/α,β-unsaturated/α-hetero) is 1. The summed E-state index contributed by atoms with van der Waals surface area (Å²) in [6, 6.07) is 29.8. The van der Waals surface area contributed by atoms with Crippen LogP contribution in [-0.4, -0.2) is 62.4 Å². The molecule has 1 aliphatic heterocycles. The molecular formula is C29H32N4O. The molecule has 0 radical (unpaired) electrons. The maximum absolute atomic E-state index is 12.2. The second kappa shape index (κ2) is 11.1. The summed E-state index contributed by atoms with van der Waals surface area (Å²) in [7, 11) is 3.78. The van der Waals surface area contributed by atoms with Crippen molar-refractivity contribution in [1.82, 2.24) is 9.80 Å². The molecular weight excluding hydrogens is 420 g/mol. The molecule has 0 aliphatic carbocycles. The highest BCUT2D eigenvalue weighted by molar-refractivity contribution is 5.83. The van der Waals surface area contributed by atoms with Gasteiger partial charge in [0.05, 0.1) is 23.8 Å². The van der Waals surface area contributed by atoms with E-state index in [9.17, 15) is 10.1 Å². The number of carbonyl (C=O) groups excluding carboxylic acids is 1. The van der Waals surface area contributed by atoms with Crippen LogP contribution in [0, 0.1) is 11.3 Å². The molecule has 1 saturated heterocycles. The molecule has 0 bridgehead atoms. The second-order valence-electron chi connectivity index (χ2n) is 9.16. The first kappa shape index (κ1) is 23.7. The van der Waals surface area contributed by atoms with Gasteiger partial charge in [-0.1, -0.05) is 66.7 Å². The van der Waals surface area contributed by atoms with Crippen LogP contribution in [-0.2, 0) is 11.2 Å². The first-order valence-electron chi connectivity index (χ1n) is 11.8. The first-order chi connectivity index (χ1) is 16.5. The molecule has 1 fully saturated rings. The first-order valence-corrected chi connectivity index (χ1v) is 11.8. The number of hydrogen-bond acceptors (Lipinski definition) is 5. The number of nitriles is 1. The third-order valence-corrected chi connectivity index (χ3v) is 6.33. The SMILES string of the molecule is CN(C)CC(=O)Cc1ccc(N2CCN(C(c3ccccc3)c3ccccc3)CC2)c(C#N)c1. The zero-order valence-electron chi connectivity index (χ0n) is 20.0. The van der Waals surface area contributed by atoms with Crippen molar-refractivity contribution >= 4 is 11.5 Å². The monoisotopic (exact) mass is 452 g/mol. The predicted molar refractivity (Wildman–Crippen MR) is 137 cm³/mol. The van der Waals surface area contributed by atoms with Crippen molar-refractivity contribution in [1.29, 1.82) is 5.26 Å². The van der Waals surface area contributed by atoms with Crippen molar-refractivity contribution in [2.24, 2.45) is 0 Å². The molecule has 5 heteroatoms. The number of carbonyl (C=O) groups is 1. The Bertz CT molecular complexity index is 1090. The molecule has 5 nitrogen and oxygen atoms in total. The summed E-state index contributed by atoms with van der Waals surface area (Å²) in [6.45, 7) is 3.92. The minimum Gasteiger partial charge on any atom is -0.368 e. The molecule has 0 atom stereocenters. The van der Waals surface area contributed by atoms with Crippen LogP contribution in [0.15, 0.2) is 78.9 Å². The van der Waals surface area contributed by atoms with Gasteiger partial charge in [0, 0.05) is 32.6 Å². The Morgan fingerprint density at radius 3 is 2.03 bits per heavy atom. The lowest BCUT2D eigenvalue weighted by molar-refractivity contribution is -0.119. The van der Waals surface area contributed by atoms with E-state index in [1.165, 1.54) is 11.1 Å². The van der Waals surface area contributed by atoms with Gasteiger partial charge < -0.3 is 9.80 Å². The van der Waals surface area contributed by atoms with Crippen LogP contribution < -0.4 is 4.90 Å². The smallest absolute Gasteiger partial charge is 0.151 e. The number of nitrogens with zero attached hydrogens (tertiary/aromatic N) is 4. The molecule has 1 aliphatic rings. The fourth-order valence-electron chi connectivity index (χ4n) is 4.80. The molecule has 1 heterocycles. The Balaban J connectivity index is 1.48. The van der Waals surface area contributed by atoms with E-state index in [0.717, 1.165) is 37.4 Å². The van der Waals surface area contributed by atoms with Gasteiger partial charge in [0.2, 0.25) is 0 Å². The summed E-state index contributed by atoms with van der Waals surface area (Å²) in [5, 5.41) is 9.81. The fourth-order valence-corrected chi connectivity index (χ4v) is 4.80. The van der Waals surface area contributed by atoms with Crippen LogP contribution in [0.2, 0.25) is 0 Å². The Kier molecular flexibility index (Phi) is 7.74. The van der Waals surface area contributed by atoms with Crippen LogP contribution in [0.3, 0.4) is 0 Å². The van der Waals surface area contributed by atoms with Crippen molar-refractivity contribution in [2.75, 3.05) is 51.7 Å². The third kappa shape index (κ3) is 5.72. The van der Waals surface area contributed by atoms with Gasteiger partial charge in [-0.2, -0.15) is 5.26 Å². The summed E-state index contributed by atoms with van der Waals surface area (Å²) in [5.74, 6) is 0.156. The van der Waals surface area contributed by atoms with Gasteiger partial charge in [-0.3, -0.25) is 9.69 Å². The Hall–Kier alpha value is -3.46. The zero-order valence-corrected chi connectivity index (χ0v) is 20.0. The highest BCUT2D eigenvalue weighted by Gasteiger charge is 2.27. The minimum atomic E-state index is 0.156. The van der Waals surface area contributed by atoms with Gasteiger partial charge in [-0.05, 0) is 42.9 Å².